The fourth-order valence-corrected chi connectivity index (χ4v) is 3.86. The summed E-state index contributed by atoms with van der Waals surface area (Å²) in [6, 6.07) is 20.2. The van der Waals surface area contributed by atoms with E-state index in [4.69, 9.17) is 14.5 Å². The van der Waals surface area contributed by atoms with E-state index in [1.54, 1.807) is 0 Å². The van der Waals surface area contributed by atoms with Crippen LogP contribution in [0.3, 0.4) is 0 Å². The van der Waals surface area contributed by atoms with Crippen LogP contribution in [0.15, 0.2) is 60.7 Å². The van der Waals surface area contributed by atoms with Gasteiger partial charge in [-0.3, -0.25) is 0 Å². The molecule has 5 nitrogen and oxygen atoms in total. The zero-order valence-corrected chi connectivity index (χ0v) is 19.1. The molecule has 0 fully saturated rings. The number of hydrogen-bond donors (Lipinski definition) is 1. The van der Waals surface area contributed by atoms with Crippen LogP contribution in [0.4, 0.5) is 0 Å². The van der Waals surface area contributed by atoms with Gasteiger partial charge in [-0.05, 0) is 68.7 Å². The molecule has 0 saturated carbocycles. The van der Waals surface area contributed by atoms with Crippen molar-refractivity contribution in [2.24, 2.45) is 0 Å². The number of fused-ring (bicyclic) bond motifs is 1. The van der Waals surface area contributed by atoms with E-state index in [-0.39, 0.29) is 6.61 Å². The van der Waals surface area contributed by atoms with Crippen LogP contribution in [0, 0.1) is 27.7 Å². The molecule has 5 heteroatoms. The zero-order valence-electron chi connectivity index (χ0n) is 19.1. The molecule has 4 aromatic rings. The first-order valence-electron chi connectivity index (χ1n) is 10.9. The van der Waals surface area contributed by atoms with Crippen LogP contribution < -0.4 is 9.47 Å². The number of nitrogens with zero attached hydrogens (tertiary/aromatic N) is 2. The van der Waals surface area contributed by atoms with Crippen molar-refractivity contribution in [3.63, 3.8) is 0 Å². The minimum absolute atomic E-state index is 0.203. The Bertz CT molecular complexity index is 1230. The number of benzene rings is 3. The van der Waals surface area contributed by atoms with Gasteiger partial charge in [0.25, 0.3) is 0 Å². The summed E-state index contributed by atoms with van der Waals surface area (Å²) in [4.78, 5) is 4.76. The van der Waals surface area contributed by atoms with Crippen molar-refractivity contribution in [1.29, 1.82) is 0 Å². The quantitative estimate of drug-likeness (QED) is 0.413. The van der Waals surface area contributed by atoms with E-state index in [0.717, 1.165) is 45.0 Å². The molecule has 1 N–H and O–H groups in total. The van der Waals surface area contributed by atoms with Gasteiger partial charge in [-0.2, -0.15) is 0 Å². The van der Waals surface area contributed by atoms with E-state index in [2.05, 4.69) is 19.1 Å². The van der Waals surface area contributed by atoms with E-state index in [9.17, 15) is 5.11 Å². The normalized spacial score (nSPS) is 12.2. The summed E-state index contributed by atoms with van der Waals surface area (Å²) < 4.78 is 14.0. The van der Waals surface area contributed by atoms with E-state index >= 15 is 0 Å². The highest BCUT2D eigenvalue weighted by Gasteiger charge is 2.16. The van der Waals surface area contributed by atoms with Crippen LogP contribution in [0.2, 0.25) is 0 Å². The summed E-state index contributed by atoms with van der Waals surface area (Å²) in [6.07, 6.45) is -0.688. The second-order valence-corrected chi connectivity index (χ2v) is 8.42. The number of rotatable bonds is 8. The van der Waals surface area contributed by atoms with Crippen molar-refractivity contribution in [1.82, 2.24) is 9.55 Å². The van der Waals surface area contributed by atoms with E-state index in [1.807, 2.05) is 73.9 Å². The third-order valence-corrected chi connectivity index (χ3v) is 5.59. The highest BCUT2D eigenvalue weighted by atomic mass is 16.5. The maximum atomic E-state index is 10.8. The number of para-hydroxylation sites is 2. The molecule has 0 aliphatic rings. The van der Waals surface area contributed by atoms with Gasteiger partial charge in [0.15, 0.2) is 0 Å². The Morgan fingerprint density at radius 3 is 2.41 bits per heavy atom. The third kappa shape index (κ3) is 4.94. The molecule has 4 rings (SSSR count). The zero-order chi connectivity index (χ0) is 22.7. The summed E-state index contributed by atoms with van der Waals surface area (Å²) >= 11 is 0. The van der Waals surface area contributed by atoms with Crippen LogP contribution in [0.5, 0.6) is 11.5 Å². The molecule has 0 amide bonds. The SMILES string of the molecule is Cc1ccc(OCc2nc3ccccc3n2CC(O)COc2cc(C)ccc2C)c(C)c1. The Hall–Kier alpha value is -3.31. The van der Waals surface area contributed by atoms with E-state index in [1.165, 1.54) is 5.56 Å². The second-order valence-electron chi connectivity index (χ2n) is 8.42. The number of imidazole rings is 1. The predicted molar refractivity (Wildman–Crippen MR) is 127 cm³/mol. The summed E-state index contributed by atoms with van der Waals surface area (Å²) in [6.45, 7) is 9.04. The number of aryl methyl sites for hydroxylation is 4. The van der Waals surface area contributed by atoms with Crippen LogP contribution in [0.1, 0.15) is 28.1 Å². The summed E-state index contributed by atoms with van der Waals surface area (Å²) in [5.74, 6) is 2.42. The molecular weight excluding hydrogens is 400 g/mol. The summed E-state index contributed by atoms with van der Waals surface area (Å²) in [7, 11) is 0. The minimum Gasteiger partial charge on any atom is -0.491 e. The molecule has 1 atom stereocenters. The topological polar surface area (TPSA) is 56.5 Å². The van der Waals surface area contributed by atoms with Crippen molar-refractivity contribution < 1.29 is 14.6 Å². The third-order valence-electron chi connectivity index (χ3n) is 5.59. The van der Waals surface area contributed by atoms with Gasteiger partial charge in [0.2, 0.25) is 0 Å². The molecule has 1 heterocycles. The van der Waals surface area contributed by atoms with Crippen LogP contribution in [-0.4, -0.2) is 27.4 Å². The largest absolute Gasteiger partial charge is 0.491 e. The molecule has 166 valence electrons. The van der Waals surface area contributed by atoms with Crippen LogP contribution in [-0.2, 0) is 13.2 Å². The number of aliphatic hydroxyl groups is 1. The number of aliphatic hydroxyl groups excluding tert-OH is 1. The van der Waals surface area contributed by atoms with E-state index < -0.39 is 6.10 Å². The first kappa shape index (κ1) is 21.9. The maximum Gasteiger partial charge on any atom is 0.148 e. The van der Waals surface area contributed by atoms with Gasteiger partial charge in [-0.1, -0.05) is 42.0 Å². The van der Waals surface area contributed by atoms with Gasteiger partial charge >= 0.3 is 0 Å². The molecule has 0 aliphatic carbocycles. The van der Waals surface area contributed by atoms with Crippen molar-refractivity contribution in [2.45, 2.75) is 47.0 Å². The average Bonchev–Trinajstić information content (AvgIpc) is 3.11. The Balaban J connectivity index is 1.51. The van der Waals surface area contributed by atoms with Gasteiger partial charge in [0, 0.05) is 0 Å². The van der Waals surface area contributed by atoms with Crippen molar-refractivity contribution in [3.05, 3.63) is 88.7 Å². The lowest BCUT2D eigenvalue weighted by Crippen LogP contribution is -2.25. The van der Waals surface area contributed by atoms with Crippen molar-refractivity contribution in [3.8, 4) is 11.5 Å². The van der Waals surface area contributed by atoms with Gasteiger partial charge in [0.05, 0.1) is 17.6 Å². The fourth-order valence-electron chi connectivity index (χ4n) is 3.86. The average molecular weight is 431 g/mol. The van der Waals surface area contributed by atoms with Gasteiger partial charge in [-0.15, -0.1) is 0 Å². The Morgan fingerprint density at radius 1 is 0.844 bits per heavy atom. The first-order valence-corrected chi connectivity index (χ1v) is 10.9. The Labute approximate surface area is 189 Å². The van der Waals surface area contributed by atoms with Crippen LogP contribution >= 0.6 is 0 Å². The molecule has 1 unspecified atom stereocenters. The predicted octanol–water partition coefficient (Wildman–Crippen LogP) is 5.29. The monoisotopic (exact) mass is 430 g/mol. The van der Waals surface area contributed by atoms with Crippen LogP contribution in [0.25, 0.3) is 11.0 Å². The fraction of sp³-hybridized carbons (Fsp3) is 0.296. The Kier molecular flexibility index (Phi) is 6.47. The Morgan fingerprint density at radius 2 is 1.59 bits per heavy atom. The van der Waals surface area contributed by atoms with Gasteiger partial charge < -0.3 is 19.1 Å². The highest BCUT2D eigenvalue weighted by molar-refractivity contribution is 5.75. The standard InChI is InChI=1S/C27H30N2O3/c1-18-10-12-25(21(4)13-18)32-17-27-28-23-7-5-6-8-24(23)29(27)15-22(30)16-31-26-14-19(2)9-11-20(26)3/h5-14,22,30H,15-17H2,1-4H3. The molecular formula is C27H30N2O3. The molecule has 0 radical (unpaired) electrons. The highest BCUT2D eigenvalue weighted by Crippen LogP contribution is 2.23. The van der Waals surface area contributed by atoms with Crippen molar-refractivity contribution in [2.75, 3.05) is 6.61 Å². The summed E-state index contributed by atoms with van der Waals surface area (Å²) in [5, 5.41) is 10.8. The number of aromatic nitrogens is 2. The molecule has 0 aliphatic heterocycles. The molecule has 3 aromatic carbocycles. The molecule has 0 spiro atoms. The van der Waals surface area contributed by atoms with Gasteiger partial charge in [-0.25, -0.2) is 4.98 Å². The first-order chi connectivity index (χ1) is 15.4. The lowest BCUT2D eigenvalue weighted by Gasteiger charge is -2.17. The smallest absolute Gasteiger partial charge is 0.148 e. The molecule has 0 saturated heterocycles. The molecule has 0 bridgehead atoms. The minimum atomic E-state index is -0.688. The number of ether oxygens (including phenoxy) is 2. The lowest BCUT2D eigenvalue weighted by atomic mass is 10.1. The molecule has 1 aromatic heterocycles. The number of hydrogen-bond acceptors (Lipinski definition) is 4. The second kappa shape index (κ2) is 9.45. The van der Waals surface area contributed by atoms with Gasteiger partial charge in [0.1, 0.15) is 36.6 Å². The van der Waals surface area contributed by atoms with Crippen molar-refractivity contribution >= 4 is 11.0 Å². The maximum absolute atomic E-state index is 10.8. The molecule has 32 heavy (non-hydrogen) atoms. The lowest BCUT2D eigenvalue weighted by molar-refractivity contribution is 0.0914. The summed E-state index contributed by atoms with van der Waals surface area (Å²) in [5.41, 5.74) is 6.33. The van der Waals surface area contributed by atoms with E-state index in [0.29, 0.717) is 13.2 Å².